The van der Waals surface area contributed by atoms with Crippen molar-refractivity contribution in [2.75, 3.05) is 17.7 Å². The van der Waals surface area contributed by atoms with E-state index in [9.17, 15) is 4.79 Å². The summed E-state index contributed by atoms with van der Waals surface area (Å²) in [7, 11) is 1.64. The maximum absolute atomic E-state index is 12.8. The number of amides is 1. The zero-order chi connectivity index (χ0) is 20.1. The summed E-state index contributed by atoms with van der Waals surface area (Å²) in [6.45, 7) is 0.537. The number of ether oxygens (including phenoxy) is 1. The number of fused-ring (bicyclic) bond motifs is 1. The first-order valence-corrected chi connectivity index (χ1v) is 9.21. The summed E-state index contributed by atoms with van der Waals surface area (Å²) in [5, 5.41) is 7.16. The fraction of sp³-hybridized carbons (Fsp3) is 0.0870. The van der Waals surface area contributed by atoms with Gasteiger partial charge in [-0.1, -0.05) is 36.4 Å². The number of anilines is 2. The summed E-state index contributed by atoms with van der Waals surface area (Å²) in [4.78, 5) is 21.4. The van der Waals surface area contributed by atoms with Crippen molar-refractivity contribution in [3.05, 3.63) is 90.3 Å². The van der Waals surface area contributed by atoms with Crippen LogP contribution in [-0.2, 0) is 6.54 Å². The normalized spacial score (nSPS) is 10.5. The Morgan fingerprint density at radius 2 is 1.83 bits per heavy atom. The molecule has 1 amide bonds. The van der Waals surface area contributed by atoms with Crippen molar-refractivity contribution in [3.8, 4) is 5.75 Å². The van der Waals surface area contributed by atoms with Gasteiger partial charge in [-0.05, 0) is 30.3 Å². The standard InChI is InChI=1S/C23H20N4O2/c1-29-20-10-3-2-6-18(20)15-26-21-14-17(11-13-24-21)23(28)27-19-9-4-7-16-8-5-12-25-22(16)19/h2-14H,15H2,1H3,(H,24,26)(H,27,28). The van der Waals surface area contributed by atoms with Crippen LogP contribution in [0.5, 0.6) is 5.75 Å². The van der Waals surface area contributed by atoms with Gasteiger partial charge in [0.2, 0.25) is 0 Å². The third-order valence-corrected chi connectivity index (χ3v) is 4.56. The molecule has 2 aromatic carbocycles. The van der Waals surface area contributed by atoms with E-state index in [1.54, 1.807) is 31.6 Å². The Hall–Kier alpha value is -3.93. The summed E-state index contributed by atoms with van der Waals surface area (Å²) in [6.07, 6.45) is 3.32. The van der Waals surface area contributed by atoms with E-state index in [2.05, 4.69) is 20.6 Å². The van der Waals surface area contributed by atoms with Crippen molar-refractivity contribution < 1.29 is 9.53 Å². The zero-order valence-corrected chi connectivity index (χ0v) is 15.9. The number of hydrogen-bond acceptors (Lipinski definition) is 5. The van der Waals surface area contributed by atoms with Gasteiger partial charge in [0.05, 0.1) is 18.3 Å². The first-order chi connectivity index (χ1) is 14.2. The molecule has 29 heavy (non-hydrogen) atoms. The molecule has 0 spiro atoms. The molecule has 0 atom stereocenters. The topological polar surface area (TPSA) is 76.1 Å². The Labute approximate surface area is 168 Å². The molecule has 0 radical (unpaired) electrons. The van der Waals surface area contributed by atoms with Crippen molar-refractivity contribution >= 4 is 28.3 Å². The highest BCUT2D eigenvalue weighted by atomic mass is 16.5. The number of nitrogens with one attached hydrogen (secondary N) is 2. The molecule has 0 aliphatic rings. The molecule has 6 nitrogen and oxygen atoms in total. The van der Waals surface area contributed by atoms with Gasteiger partial charge >= 0.3 is 0 Å². The van der Waals surface area contributed by atoms with Gasteiger partial charge in [0.25, 0.3) is 5.91 Å². The Morgan fingerprint density at radius 1 is 0.966 bits per heavy atom. The lowest BCUT2D eigenvalue weighted by Gasteiger charge is -2.11. The smallest absolute Gasteiger partial charge is 0.255 e. The van der Waals surface area contributed by atoms with Gasteiger partial charge < -0.3 is 15.4 Å². The maximum atomic E-state index is 12.8. The molecular formula is C23H20N4O2. The van der Waals surface area contributed by atoms with Gasteiger partial charge in [-0.25, -0.2) is 4.98 Å². The molecule has 0 saturated carbocycles. The number of methoxy groups -OCH3 is 1. The fourth-order valence-electron chi connectivity index (χ4n) is 3.10. The number of rotatable bonds is 6. The number of benzene rings is 2. The van der Waals surface area contributed by atoms with Crippen LogP contribution in [0.3, 0.4) is 0 Å². The van der Waals surface area contributed by atoms with Crippen molar-refractivity contribution in [2.24, 2.45) is 0 Å². The van der Waals surface area contributed by atoms with Crippen LogP contribution in [0.2, 0.25) is 0 Å². The average Bonchev–Trinajstić information content (AvgIpc) is 2.78. The number of para-hydroxylation sites is 2. The number of aromatic nitrogens is 2. The van der Waals surface area contributed by atoms with Crippen LogP contribution < -0.4 is 15.4 Å². The summed E-state index contributed by atoms with van der Waals surface area (Å²) in [6, 6.07) is 20.7. The molecule has 0 aliphatic heterocycles. The highest BCUT2D eigenvalue weighted by Gasteiger charge is 2.10. The molecule has 6 heteroatoms. The Morgan fingerprint density at radius 3 is 2.72 bits per heavy atom. The van der Waals surface area contributed by atoms with E-state index in [-0.39, 0.29) is 5.91 Å². The van der Waals surface area contributed by atoms with Crippen LogP contribution in [0.25, 0.3) is 10.9 Å². The molecular weight excluding hydrogens is 364 g/mol. The largest absolute Gasteiger partial charge is 0.496 e. The first kappa shape index (κ1) is 18.4. The van der Waals surface area contributed by atoms with Gasteiger partial charge in [-0.15, -0.1) is 0 Å². The molecule has 0 fully saturated rings. The van der Waals surface area contributed by atoms with Crippen molar-refractivity contribution in [1.82, 2.24) is 9.97 Å². The summed E-state index contributed by atoms with van der Waals surface area (Å²) in [5.41, 5.74) is 2.95. The van der Waals surface area contributed by atoms with Gasteiger partial charge in [0.1, 0.15) is 11.6 Å². The fourth-order valence-corrected chi connectivity index (χ4v) is 3.10. The molecule has 144 valence electrons. The molecule has 0 saturated heterocycles. The molecule has 2 N–H and O–H groups in total. The number of hydrogen-bond donors (Lipinski definition) is 2. The van der Waals surface area contributed by atoms with Gasteiger partial charge in [0, 0.05) is 35.5 Å². The lowest BCUT2D eigenvalue weighted by atomic mass is 10.1. The zero-order valence-electron chi connectivity index (χ0n) is 15.9. The number of carbonyl (C=O) groups is 1. The molecule has 0 bridgehead atoms. The summed E-state index contributed by atoms with van der Waals surface area (Å²) in [5.74, 6) is 1.20. The second kappa shape index (κ2) is 8.39. The van der Waals surface area contributed by atoms with E-state index < -0.39 is 0 Å². The van der Waals surface area contributed by atoms with Crippen LogP contribution in [0, 0.1) is 0 Å². The molecule has 0 unspecified atom stereocenters. The highest BCUT2D eigenvalue weighted by Crippen LogP contribution is 2.22. The minimum absolute atomic E-state index is 0.217. The molecule has 4 aromatic rings. The molecule has 0 aliphatic carbocycles. The van der Waals surface area contributed by atoms with Gasteiger partial charge in [-0.2, -0.15) is 0 Å². The van der Waals surface area contributed by atoms with Crippen LogP contribution in [-0.4, -0.2) is 23.0 Å². The van der Waals surface area contributed by atoms with E-state index in [1.165, 1.54) is 0 Å². The number of pyridine rings is 2. The van der Waals surface area contributed by atoms with E-state index in [0.717, 1.165) is 22.2 Å². The Kier molecular flexibility index (Phi) is 5.33. The average molecular weight is 384 g/mol. The van der Waals surface area contributed by atoms with Crippen LogP contribution in [0.1, 0.15) is 15.9 Å². The monoisotopic (exact) mass is 384 g/mol. The summed E-state index contributed by atoms with van der Waals surface area (Å²) < 4.78 is 5.37. The van der Waals surface area contributed by atoms with Crippen LogP contribution in [0.15, 0.2) is 79.1 Å². The van der Waals surface area contributed by atoms with Crippen LogP contribution in [0.4, 0.5) is 11.5 Å². The lowest BCUT2D eigenvalue weighted by molar-refractivity contribution is 0.102. The van der Waals surface area contributed by atoms with Gasteiger partial charge in [0.15, 0.2) is 0 Å². The van der Waals surface area contributed by atoms with Crippen molar-refractivity contribution in [2.45, 2.75) is 6.54 Å². The minimum atomic E-state index is -0.217. The predicted octanol–water partition coefficient (Wildman–Crippen LogP) is 4.50. The predicted molar refractivity (Wildman–Crippen MR) is 114 cm³/mol. The van der Waals surface area contributed by atoms with E-state index >= 15 is 0 Å². The molecule has 2 heterocycles. The number of nitrogens with zero attached hydrogens (tertiary/aromatic N) is 2. The molecule has 2 aromatic heterocycles. The van der Waals surface area contributed by atoms with E-state index in [1.807, 2.05) is 54.6 Å². The van der Waals surface area contributed by atoms with Crippen LogP contribution >= 0.6 is 0 Å². The summed E-state index contributed by atoms with van der Waals surface area (Å²) >= 11 is 0. The molecule has 4 rings (SSSR count). The third kappa shape index (κ3) is 4.16. The second-order valence-corrected chi connectivity index (χ2v) is 6.43. The second-order valence-electron chi connectivity index (χ2n) is 6.43. The maximum Gasteiger partial charge on any atom is 0.255 e. The van der Waals surface area contributed by atoms with Gasteiger partial charge in [-0.3, -0.25) is 9.78 Å². The highest BCUT2D eigenvalue weighted by molar-refractivity contribution is 6.08. The first-order valence-electron chi connectivity index (χ1n) is 9.21. The lowest BCUT2D eigenvalue weighted by Crippen LogP contribution is -2.13. The third-order valence-electron chi connectivity index (χ3n) is 4.56. The minimum Gasteiger partial charge on any atom is -0.496 e. The van der Waals surface area contributed by atoms with Crippen molar-refractivity contribution in [1.29, 1.82) is 0 Å². The quantitative estimate of drug-likeness (QED) is 0.512. The van der Waals surface area contributed by atoms with E-state index in [4.69, 9.17) is 4.74 Å². The Bertz CT molecular complexity index is 1150. The number of carbonyl (C=O) groups excluding carboxylic acids is 1. The van der Waals surface area contributed by atoms with Crippen molar-refractivity contribution in [3.63, 3.8) is 0 Å². The SMILES string of the molecule is COc1ccccc1CNc1cc(C(=O)Nc2cccc3cccnc23)ccn1. The van der Waals surface area contributed by atoms with E-state index in [0.29, 0.717) is 23.6 Å². The Balaban J connectivity index is 1.50.